The van der Waals surface area contributed by atoms with Crippen LogP contribution in [0.4, 0.5) is 0 Å². The van der Waals surface area contributed by atoms with Crippen molar-refractivity contribution in [1.82, 2.24) is 4.90 Å². The molecule has 0 spiro atoms. The van der Waals surface area contributed by atoms with Crippen molar-refractivity contribution in [2.45, 2.75) is 25.4 Å². The summed E-state index contributed by atoms with van der Waals surface area (Å²) in [5, 5.41) is 11.2. The Morgan fingerprint density at radius 2 is 1.78 bits per heavy atom. The highest BCUT2D eigenvalue weighted by molar-refractivity contribution is 6.30. The number of carbonyl (C=O) groups excluding carboxylic acids is 1. The lowest BCUT2D eigenvalue weighted by Gasteiger charge is -2.22. The van der Waals surface area contributed by atoms with Gasteiger partial charge in [0, 0.05) is 18.5 Å². The first-order chi connectivity index (χ1) is 12.9. The van der Waals surface area contributed by atoms with Crippen molar-refractivity contribution < 1.29 is 19.4 Å². The van der Waals surface area contributed by atoms with Gasteiger partial charge in [0.1, 0.15) is 0 Å². The summed E-state index contributed by atoms with van der Waals surface area (Å²) < 4.78 is 10.5. The molecule has 5 nitrogen and oxygen atoms in total. The molecule has 2 rings (SSSR count). The molecule has 0 fully saturated rings. The van der Waals surface area contributed by atoms with E-state index in [4.69, 9.17) is 21.1 Å². The topological polar surface area (TPSA) is 59.0 Å². The molecule has 2 aromatic carbocycles. The molecule has 0 bridgehead atoms. The SMILES string of the molecule is COc1ccc(C(O)CN(C)C(=O)CCCc2ccc(Cl)cc2)cc1OC. The Bertz CT molecular complexity index is 748. The normalized spacial score (nSPS) is 11.7. The van der Waals surface area contributed by atoms with Crippen molar-refractivity contribution in [2.75, 3.05) is 27.8 Å². The van der Waals surface area contributed by atoms with Gasteiger partial charge in [-0.05, 0) is 48.2 Å². The summed E-state index contributed by atoms with van der Waals surface area (Å²) in [7, 11) is 4.81. The van der Waals surface area contributed by atoms with E-state index in [0.29, 0.717) is 28.5 Å². The van der Waals surface area contributed by atoms with Gasteiger partial charge in [0.05, 0.1) is 26.9 Å². The summed E-state index contributed by atoms with van der Waals surface area (Å²) in [6.07, 6.45) is 1.19. The zero-order valence-corrected chi connectivity index (χ0v) is 16.7. The Hall–Kier alpha value is -2.24. The van der Waals surface area contributed by atoms with Crippen LogP contribution >= 0.6 is 11.6 Å². The molecule has 0 aliphatic heterocycles. The van der Waals surface area contributed by atoms with Crippen LogP contribution in [0.25, 0.3) is 0 Å². The minimum atomic E-state index is -0.796. The summed E-state index contributed by atoms with van der Waals surface area (Å²) >= 11 is 5.87. The van der Waals surface area contributed by atoms with Crippen molar-refractivity contribution in [2.24, 2.45) is 0 Å². The summed E-state index contributed by atoms with van der Waals surface area (Å²) in [5.74, 6) is 1.15. The second-order valence-corrected chi connectivity index (χ2v) is 6.82. The van der Waals surface area contributed by atoms with E-state index in [2.05, 4.69) is 0 Å². The predicted molar refractivity (Wildman–Crippen MR) is 107 cm³/mol. The highest BCUT2D eigenvalue weighted by Crippen LogP contribution is 2.30. The third-order valence-corrected chi connectivity index (χ3v) is 4.69. The Morgan fingerprint density at radius 3 is 2.41 bits per heavy atom. The average Bonchev–Trinajstić information content (AvgIpc) is 2.68. The summed E-state index contributed by atoms with van der Waals surface area (Å²) in [6, 6.07) is 12.9. The van der Waals surface area contributed by atoms with Crippen molar-refractivity contribution in [3.05, 3.63) is 58.6 Å². The van der Waals surface area contributed by atoms with E-state index >= 15 is 0 Å². The van der Waals surface area contributed by atoms with Crippen molar-refractivity contribution in [1.29, 1.82) is 0 Å². The van der Waals surface area contributed by atoms with Crippen molar-refractivity contribution in [3.63, 3.8) is 0 Å². The van der Waals surface area contributed by atoms with Gasteiger partial charge in [-0.3, -0.25) is 4.79 Å². The molecule has 1 unspecified atom stereocenters. The molecule has 6 heteroatoms. The number of methoxy groups -OCH3 is 2. The summed E-state index contributed by atoms with van der Waals surface area (Å²) in [6.45, 7) is 0.218. The number of nitrogens with zero attached hydrogens (tertiary/aromatic N) is 1. The molecule has 0 aromatic heterocycles. The lowest BCUT2D eigenvalue weighted by molar-refractivity contribution is -0.131. The minimum Gasteiger partial charge on any atom is -0.493 e. The van der Waals surface area contributed by atoms with Gasteiger partial charge in [-0.25, -0.2) is 0 Å². The molecule has 2 aromatic rings. The smallest absolute Gasteiger partial charge is 0.222 e. The van der Waals surface area contributed by atoms with Crippen LogP contribution in [0.5, 0.6) is 11.5 Å². The number of halogens is 1. The first-order valence-corrected chi connectivity index (χ1v) is 9.20. The maximum Gasteiger partial charge on any atom is 0.222 e. The standard InChI is InChI=1S/C21H26ClNO4/c1-23(21(25)6-4-5-15-7-10-17(22)11-8-15)14-18(24)16-9-12-19(26-2)20(13-16)27-3/h7-13,18,24H,4-6,14H2,1-3H3. The van der Waals surface area contributed by atoms with E-state index in [0.717, 1.165) is 18.4 Å². The van der Waals surface area contributed by atoms with Crippen LogP contribution in [-0.2, 0) is 11.2 Å². The molecule has 27 heavy (non-hydrogen) atoms. The molecule has 1 N–H and O–H groups in total. The molecule has 0 saturated carbocycles. The molecule has 0 heterocycles. The number of rotatable bonds is 9. The number of aliphatic hydroxyl groups is 1. The molecular formula is C21H26ClNO4. The quantitative estimate of drug-likeness (QED) is 0.704. The van der Waals surface area contributed by atoms with Crippen LogP contribution in [0.1, 0.15) is 30.1 Å². The number of ether oxygens (including phenoxy) is 2. The lowest BCUT2D eigenvalue weighted by atomic mass is 10.1. The van der Waals surface area contributed by atoms with Gasteiger partial charge in [-0.15, -0.1) is 0 Å². The number of aliphatic hydroxyl groups excluding tert-OH is 1. The van der Waals surface area contributed by atoms with E-state index < -0.39 is 6.10 Å². The summed E-state index contributed by atoms with van der Waals surface area (Å²) in [4.78, 5) is 13.9. The first-order valence-electron chi connectivity index (χ1n) is 8.83. The first kappa shape index (κ1) is 21.1. The fourth-order valence-corrected chi connectivity index (χ4v) is 2.94. The van der Waals surface area contributed by atoms with Gasteiger partial charge in [0.25, 0.3) is 0 Å². The van der Waals surface area contributed by atoms with E-state index in [1.807, 2.05) is 24.3 Å². The lowest BCUT2D eigenvalue weighted by Crippen LogP contribution is -2.31. The number of aryl methyl sites for hydroxylation is 1. The molecule has 1 atom stereocenters. The molecule has 1 amide bonds. The number of hydrogen-bond donors (Lipinski definition) is 1. The second-order valence-electron chi connectivity index (χ2n) is 6.38. The number of carbonyl (C=O) groups is 1. The molecule has 0 radical (unpaired) electrons. The van der Waals surface area contributed by atoms with Crippen LogP contribution in [0.2, 0.25) is 5.02 Å². The minimum absolute atomic E-state index is 0.00323. The Labute approximate surface area is 165 Å². The number of amides is 1. The van der Waals surface area contributed by atoms with Crippen molar-refractivity contribution >= 4 is 17.5 Å². The van der Waals surface area contributed by atoms with E-state index in [1.54, 1.807) is 44.4 Å². The van der Waals surface area contributed by atoms with Gasteiger partial charge in [-0.2, -0.15) is 0 Å². The largest absolute Gasteiger partial charge is 0.493 e. The van der Waals surface area contributed by atoms with Crippen LogP contribution in [0.3, 0.4) is 0 Å². The fourth-order valence-electron chi connectivity index (χ4n) is 2.81. The number of likely N-dealkylation sites (N-methyl/N-ethyl adjacent to an activating group) is 1. The molecule has 0 saturated heterocycles. The Balaban J connectivity index is 1.85. The van der Waals surface area contributed by atoms with Crippen LogP contribution in [0.15, 0.2) is 42.5 Å². The van der Waals surface area contributed by atoms with Gasteiger partial charge in [0.2, 0.25) is 5.91 Å². The predicted octanol–water partition coefficient (Wildman–Crippen LogP) is 3.87. The number of benzene rings is 2. The van der Waals surface area contributed by atoms with E-state index in [9.17, 15) is 9.90 Å². The maximum absolute atomic E-state index is 12.3. The second kappa shape index (κ2) is 10.2. The summed E-state index contributed by atoms with van der Waals surface area (Å²) in [5.41, 5.74) is 1.83. The van der Waals surface area contributed by atoms with Crippen LogP contribution < -0.4 is 9.47 Å². The van der Waals surface area contributed by atoms with Gasteiger partial charge in [0.15, 0.2) is 11.5 Å². The third kappa shape index (κ3) is 6.15. The zero-order chi connectivity index (χ0) is 19.8. The van der Waals surface area contributed by atoms with Crippen LogP contribution in [-0.4, -0.2) is 43.7 Å². The zero-order valence-electron chi connectivity index (χ0n) is 15.9. The monoisotopic (exact) mass is 391 g/mol. The number of hydrogen-bond acceptors (Lipinski definition) is 4. The van der Waals surface area contributed by atoms with Gasteiger partial charge < -0.3 is 19.5 Å². The average molecular weight is 392 g/mol. The highest BCUT2D eigenvalue weighted by atomic mass is 35.5. The molecular weight excluding hydrogens is 366 g/mol. The highest BCUT2D eigenvalue weighted by Gasteiger charge is 2.17. The van der Waals surface area contributed by atoms with Crippen molar-refractivity contribution in [3.8, 4) is 11.5 Å². The van der Waals surface area contributed by atoms with Crippen LogP contribution in [0, 0.1) is 0 Å². The fraction of sp³-hybridized carbons (Fsp3) is 0.381. The van der Waals surface area contributed by atoms with Gasteiger partial charge >= 0.3 is 0 Å². The van der Waals surface area contributed by atoms with Gasteiger partial charge in [-0.1, -0.05) is 29.8 Å². The molecule has 0 aliphatic rings. The maximum atomic E-state index is 12.3. The Morgan fingerprint density at radius 1 is 1.11 bits per heavy atom. The molecule has 146 valence electrons. The third-order valence-electron chi connectivity index (χ3n) is 4.43. The molecule has 0 aliphatic carbocycles. The van der Waals surface area contributed by atoms with E-state index in [1.165, 1.54) is 0 Å². The Kier molecular flexibility index (Phi) is 7.95. The van der Waals surface area contributed by atoms with E-state index in [-0.39, 0.29) is 12.5 Å².